The Bertz CT molecular complexity index is 475. The lowest BCUT2D eigenvalue weighted by atomic mass is 10.2. The van der Waals surface area contributed by atoms with Crippen molar-refractivity contribution in [2.75, 3.05) is 0 Å². The van der Waals surface area contributed by atoms with Crippen LogP contribution in [-0.2, 0) is 0 Å². The molecule has 0 saturated heterocycles. The van der Waals surface area contributed by atoms with Gasteiger partial charge >= 0.3 is 0 Å². The molecule has 1 aromatic carbocycles. The summed E-state index contributed by atoms with van der Waals surface area (Å²) in [7, 11) is 0. The van der Waals surface area contributed by atoms with E-state index in [2.05, 4.69) is 4.98 Å². The Balaban J connectivity index is 2.82. The molecule has 2 rings (SSSR count). The fourth-order valence-corrected chi connectivity index (χ4v) is 2.11. The van der Waals surface area contributed by atoms with Gasteiger partial charge in [-0.25, -0.2) is 4.98 Å². The third-order valence-electron chi connectivity index (χ3n) is 1.79. The molecule has 0 aliphatic heterocycles. The lowest BCUT2D eigenvalue weighted by Gasteiger charge is -1.94. The summed E-state index contributed by atoms with van der Waals surface area (Å²) < 4.78 is 1.01. The fourth-order valence-electron chi connectivity index (χ4n) is 1.26. The Kier molecular flexibility index (Phi) is 1.77. The molecule has 0 aliphatic rings. The first kappa shape index (κ1) is 8.19. The number of amides is 1. The Morgan fingerprint density at radius 2 is 2.31 bits per heavy atom. The first-order valence-electron chi connectivity index (χ1n) is 3.84. The van der Waals surface area contributed by atoms with Gasteiger partial charge in [0.25, 0.3) is 5.91 Å². The number of benzene rings is 1. The van der Waals surface area contributed by atoms with Gasteiger partial charge in [0.15, 0.2) is 0 Å². The number of aromatic nitrogens is 1. The van der Waals surface area contributed by atoms with Crippen molar-refractivity contribution in [2.45, 2.75) is 6.92 Å². The van der Waals surface area contributed by atoms with Crippen molar-refractivity contribution in [1.82, 2.24) is 4.98 Å². The molecule has 0 aliphatic carbocycles. The van der Waals surface area contributed by atoms with E-state index in [1.165, 1.54) is 0 Å². The second kappa shape index (κ2) is 2.81. The van der Waals surface area contributed by atoms with Gasteiger partial charge in [-0.15, -0.1) is 11.3 Å². The Morgan fingerprint density at radius 3 is 3.00 bits per heavy atom. The van der Waals surface area contributed by atoms with E-state index in [0.717, 1.165) is 15.2 Å². The minimum Gasteiger partial charge on any atom is -0.366 e. The molecule has 1 heterocycles. The molecular formula is C9H8N2OS. The molecule has 66 valence electrons. The third-order valence-corrected chi connectivity index (χ3v) is 2.73. The van der Waals surface area contributed by atoms with Crippen molar-refractivity contribution in [1.29, 1.82) is 0 Å². The predicted octanol–water partition coefficient (Wildman–Crippen LogP) is 1.70. The van der Waals surface area contributed by atoms with E-state index in [0.29, 0.717) is 5.56 Å². The van der Waals surface area contributed by atoms with E-state index in [1.807, 2.05) is 19.1 Å². The Morgan fingerprint density at radius 1 is 1.54 bits per heavy atom. The van der Waals surface area contributed by atoms with Crippen LogP contribution in [-0.4, -0.2) is 10.9 Å². The molecule has 3 nitrogen and oxygen atoms in total. The lowest BCUT2D eigenvalue weighted by molar-refractivity contribution is 0.100. The molecule has 0 unspecified atom stereocenters. The summed E-state index contributed by atoms with van der Waals surface area (Å²) in [6.07, 6.45) is 0. The number of hydrogen-bond donors (Lipinski definition) is 1. The van der Waals surface area contributed by atoms with Gasteiger partial charge in [-0.1, -0.05) is 6.07 Å². The maximum absolute atomic E-state index is 11.0. The molecule has 0 radical (unpaired) electrons. The fraction of sp³-hybridized carbons (Fsp3) is 0.111. The quantitative estimate of drug-likeness (QED) is 0.747. The van der Waals surface area contributed by atoms with Crippen molar-refractivity contribution in [3.05, 3.63) is 28.8 Å². The zero-order chi connectivity index (χ0) is 9.42. The standard InChI is InChI=1S/C9H8N2OS/c1-5-11-8-6(9(10)12)3-2-4-7(8)13-5/h2-4H,1H3,(H2,10,12). The monoisotopic (exact) mass is 192 g/mol. The summed E-state index contributed by atoms with van der Waals surface area (Å²) in [5.41, 5.74) is 6.44. The number of carbonyl (C=O) groups is 1. The molecule has 0 bridgehead atoms. The van der Waals surface area contributed by atoms with Crippen LogP contribution in [0.5, 0.6) is 0 Å². The normalized spacial score (nSPS) is 10.5. The number of rotatable bonds is 1. The number of nitrogens with zero attached hydrogens (tertiary/aromatic N) is 1. The SMILES string of the molecule is Cc1nc2c(C(N)=O)cccc2s1. The highest BCUT2D eigenvalue weighted by Gasteiger charge is 2.09. The van der Waals surface area contributed by atoms with E-state index in [1.54, 1.807) is 17.4 Å². The molecule has 0 fully saturated rings. The van der Waals surface area contributed by atoms with Crippen LogP contribution in [0.3, 0.4) is 0 Å². The third kappa shape index (κ3) is 1.29. The molecule has 2 N–H and O–H groups in total. The second-order valence-electron chi connectivity index (χ2n) is 2.75. The number of aryl methyl sites for hydroxylation is 1. The average molecular weight is 192 g/mol. The van der Waals surface area contributed by atoms with Crippen molar-refractivity contribution in [3.8, 4) is 0 Å². The maximum Gasteiger partial charge on any atom is 0.250 e. The predicted molar refractivity (Wildman–Crippen MR) is 52.9 cm³/mol. The number of carbonyl (C=O) groups excluding carboxylic acids is 1. The van der Waals surface area contributed by atoms with Crippen LogP contribution >= 0.6 is 11.3 Å². The summed E-state index contributed by atoms with van der Waals surface area (Å²) in [6.45, 7) is 1.91. The second-order valence-corrected chi connectivity index (χ2v) is 3.98. The van der Waals surface area contributed by atoms with Gasteiger partial charge in [0.2, 0.25) is 0 Å². The molecule has 1 amide bonds. The number of thiazole rings is 1. The van der Waals surface area contributed by atoms with Gasteiger partial charge in [-0.3, -0.25) is 4.79 Å². The number of para-hydroxylation sites is 1. The highest BCUT2D eigenvalue weighted by Crippen LogP contribution is 2.23. The van der Waals surface area contributed by atoms with Crippen molar-refractivity contribution in [3.63, 3.8) is 0 Å². The maximum atomic E-state index is 11.0. The van der Waals surface area contributed by atoms with Crippen LogP contribution in [0.15, 0.2) is 18.2 Å². The smallest absolute Gasteiger partial charge is 0.250 e. The molecule has 2 aromatic rings. The molecule has 1 aromatic heterocycles. The molecule has 13 heavy (non-hydrogen) atoms. The summed E-state index contributed by atoms with van der Waals surface area (Å²) in [6, 6.07) is 5.45. The van der Waals surface area contributed by atoms with Crippen LogP contribution in [0, 0.1) is 6.92 Å². The number of fused-ring (bicyclic) bond motifs is 1. The van der Waals surface area contributed by atoms with Crippen LogP contribution in [0.25, 0.3) is 10.2 Å². The summed E-state index contributed by atoms with van der Waals surface area (Å²) in [5.74, 6) is -0.420. The first-order chi connectivity index (χ1) is 6.18. The summed E-state index contributed by atoms with van der Waals surface area (Å²) in [4.78, 5) is 15.3. The minimum absolute atomic E-state index is 0.420. The van der Waals surface area contributed by atoms with Crippen molar-refractivity contribution >= 4 is 27.5 Å². The lowest BCUT2D eigenvalue weighted by Crippen LogP contribution is -2.11. The zero-order valence-electron chi connectivity index (χ0n) is 7.07. The van der Waals surface area contributed by atoms with Crippen LogP contribution in [0.2, 0.25) is 0 Å². The van der Waals surface area contributed by atoms with Gasteiger partial charge < -0.3 is 5.73 Å². The van der Waals surface area contributed by atoms with Crippen LogP contribution < -0.4 is 5.73 Å². The van der Waals surface area contributed by atoms with Gasteiger partial charge in [-0.05, 0) is 19.1 Å². The highest BCUT2D eigenvalue weighted by atomic mass is 32.1. The number of hydrogen-bond acceptors (Lipinski definition) is 3. The minimum atomic E-state index is -0.420. The highest BCUT2D eigenvalue weighted by molar-refractivity contribution is 7.18. The topological polar surface area (TPSA) is 56.0 Å². The van der Waals surface area contributed by atoms with Gasteiger partial charge in [0.1, 0.15) is 0 Å². The zero-order valence-corrected chi connectivity index (χ0v) is 7.89. The number of nitrogens with two attached hydrogens (primary N) is 1. The van der Waals surface area contributed by atoms with E-state index < -0.39 is 5.91 Å². The first-order valence-corrected chi connectivity index (χ1v) is 4.66. The van der Waals surface area contributed by atoms with E-state index >= 15 is 0 Å². The molecule has 0 atom stereocenters. The van der Waals surface area contributed by atoms with Gasteiger partial charge in [0, 0.05) is 0 Å². The van der Waals surface area contributed by atoms with E-state index in [4.69, 9.17) is 5.73 Å². The Hall–Kier alpha value is -1.42. The largest absolute Gasteiger partial charge is 0.366 e. The molecule has 4 heteroatoms. The van der Waals surface area contributed by atoms with E-state index in [9.17, 15) is 4.79 Å². The van der Waals surface area contributed by atoms with Crippen LogP contribution in [0.4, 0.5) is 0 Å². The molecule has 0 spiro atoms. The molecule has 0 saturated carbocycles. The summed E-state index contributed by atoms with van der Waals surface area (Å²) >= 11 is 1.56. The Labute approximate surface area is 79.2 Å². The van der Waals surface area contributed by atoms with Gasteiger partial charge in [0.05, 0.1) is 20.8 Å². The average Bonchev–Trinajstić information content (AvgIpc) is 2.43. The van der Waals surface area contributed by atoms with E-state index in [-0.39, 0.29) is 0 Å². The number of primary amides is 1. The van der Waals surface area contributed by atoms with Crippen molar-refractivity contribution in [2.24, 2.45) is 5.73 Å². The van der Waals surface area contributed by atoms with Crippen molar-refractivity contribution < 1.29 is 4.79 Å². The van der Waals surface area contributed by atoms with Gasteiger partial charge in [-0.2, -0.15) is 0 Å². The molecular weight excluding hydrogens is 184 g/mol. The van der Waals surface area contributed by atoms with Crippen LogP contribution in [0.1, 0.15) is 15.4 Å². The summed E-state index contributed by atoms with van der Waals surface area (Å²) in [5, 5.41) is 0.948.